The Bertz CT molecular complexity index is 2080. The largest absolute Gasteiger partial charge is 0.496 e. The van der Waals surface area contributed by atoms with E-state index in [1.54, 1.807) is 52.8 Å². The summed E-state index contributed by atoms with van der Waals surface area (Å²) >= 11 is 3.46. The molecule has 0 unspecified atom stereocenters. The van der Waals surface area contributed by atoms with Gasteiger partial charge in [-0.15, -0.1) is 0 Å². The number of halogens is 1. The molecule has 11 N–H and O–H groups in total. The number of cyclic esters (lactones) is 1. The van der Waals surface area contributed by atoms with E-state index in [1.165, 1.54) is 21.1 Å². The molecule has 2 fully saturated rings. The Kier molecular flexibility index (Phi) is 22.8. The number of aliphatic hydroxyl groups excluding tert-OH is 1. The van der Waals surface area contributed by atoms with Crippen molar-refractivity contribution in [2.75, 3.05) is 20.7 Å². The van der Waals surface area contributed by atoms with Gasteiger partial charge in [-0.25, -0.2) is 9.59 Å². The van der Waals surface area contributed by atoms with Crippen LogP contribution in [0.15, 0.2) is 22.7 Å². The molecular weight excluding hydrogens is 980 g/mol. The highest BCUT2D eigenvalue weighted by molar-refractivity contribution is 9.10. The number of aliphatic hydroxyl groups is 1. The second-order valence-electron chi connectivity index (χ2n) is 18.1. The maximum Gasteiger partial charge on any atom is 0.329 e. The van der Waals surface area contributed by atoms with Crippen LogP contribution in [0, 0.1) is 11.8 Å². The first-order valence-electron chi connectivity index (χ1n) is 23.6. The van der Waals surface area contributed by atoms with Crippen molar-refractivity contribution >= 4 is 75.2 Å². The number of primary amides is 2. The van der Waals surface area contributed by atoms with Crippen molar-refractivity contribution in [3.63, 3.8) is 0 Å². The summed E-state index contributed by atoms with van der Waals surface area (Å²) in [5, 5.41) is 26.9. The smallest absolute Gasteiger partial charge is 0.329 e. The number of nitrogens with two attached hydrogens (primary N) is 2. The molecule has 0 aliphatic carbocycles. The predicted octanol–water partition coefficient (Wildman–Crippen LogP) is -0.278. The molecule has 390 valence electrons. The second kappa shape index (κ2) is 27.4. The van der Waals surface area contributed by atoms with Crippen LogP contribution in [0.25, 0.3) is 0 Å². The van der Waals surface area contributed by atoms with Crippen LogP contribution in [0.5, 0.6) is 5.75 Å². The molecule has 1 aromatic carbocycles. The Morgan fingerprint density at radius 1 is 0.957 bits per heavy atom. The standard InChI is InChI=1S/C46H71BrN10O13/c1-9-12-34(59)51-29(15-18-33(48)58)40(62)55-37-25(6)70-45(67)36(23(3)4)54-41(63)31(22-26-14-17-32(69-8)27(47)21-26)56(7)44(66)38(24(5)10-2)57-35(60)19-16-30(43(57)65)53-39(61)28(52-42(37)64)13-11-20-50-46(49)68/h14,17,21,23-25,28-31,35-38,60H,9-13,15-16,18-20,22H2,1-8H3,(H2,48,58)(H,51,59)(H,52,64)(H,53,61)(H,54,63)(H,55,62)(H3,49,50,68)/t24-,25+,28-,29-,30-,31-,35+,36-,37+,38+/m0/s1. The molecule has 1 aromatic rings. The van der Waals surface area contributed by atoms with E-state index in [1.807, 2.05) is 0 Å². The molecule has 0 radical (unpaired) electrons. The lowest BCUT2D eigenvalue weighted by atomic mass is 9.91. The molecule has 2 saturated heterocycles. The number of esters is 1. The molecule has 10 atom stereocenters. The van der Waals surface area contributed by atoms with Gasteiger partial charge < -0.3 is 67.7 Å². The van der Waals surface area contributed by atoms with Crippen molar-refractivity contribution in [2.24, 2.45) is 23.3 Å². The van der Waals surface area contributed by atoms with Crippen LogP contribution < -0.4 is 48.1 Å². The normalized spacial score (nSPS) is 24.9. The average Bonchev–Trinajstić information content (AvgIpc) is 3.29. The number of urea groups is 1. The van der Waals surface area contributed by atoms with Gasteiger partial charge in [-0.1, -0.05) is 47.1 Å². The van der Waals surface area contributed by atoms with Crippen molar-refractivity contribution in [3.8, 4) is 5.75 Å². The van der Waals surface area contributed by atoms with E-state index >= 15 is 0 Å². The van der Waals surface area contributed by atoms with Crippen LogP contribution >= 0.6 is 15.9 Å². The average molecular weight is 1050 g/mol. The van der Waals surface area contributed by atoms with Crippen molar-refractivity contribution < 1.29 is 62.5 Å². The van der Waals surface area contributed by atoms with Gasteiger partial charge in [0.1, 0.15) is 60.4 Å². The first-order valence-corrected chi connectivity index (χ1v) is 24.4. The monoisotopic (exact) mass is 1050 g/mol. The van der Waals surface area contributed by atoms with E-state index in [4.69, 9.17) is 20.9 Å². The Balaban J connectivity index is 2.27. The molecule has 0 aromatic heterocycles. The lowest BCUT2D eigenvalue weighted by Gasteiger charge is -2.44. The summed E-state index contributed by atoms with van der Waals surface area (Å²) in [6, 6.07) is -6.02. The number of likely N-dealkylation sites (N-methyl/N-ethyl adjacent to an activating group) is 1. The number of methoxy groups -OCH3 is 1. The van der Waals surface area contributed by atoms with E-state index in [0.29, 0.717) is 28.6 Å². The Labute approximate surface area is 416 Å². The Hall–Kier alpha value is -6.04. The van der Waals surface area contributed by atoms with Gasteiger partial charge in [-0.3, -0.25) is 38.4 Å². The SMILES string of the molecule is CCCC(=O)N[C@@H](CCC(N)=O)C(=O)N[C@H]1C(=O)N[C@@H](CCCNC(N)=O)C(=O)N[C@H]2CC[C@@H](O)N(C2=O)[C@H]([C@@H](C)CC)C(=O)N(C)[C@@H](Cc2ccc(OC)c(Br)c2)C(=O)N[C@@H](C(C)C)C(=O)O[C@@H]1C. The fraction of sp³-hybridized carbons (Fsp3) is 0.652. The zero-order valence-corrected chi connectivity index (χ0v) is 42.7. The lowest BCUT2D eigenvalue weighted by Crippen LogP contribution is -2.66. The van der Waals surface area contributed by atoms with Crippen LogP contribution in [0.2, 0.25) is 0 Å². The highest BCUT2D eigenvalue weighted by Crippen LogP contribution is 2.29. The van der Waals surface area contributed by atoms with Crippen LogP contribution in [0.4, 0.5) is 4.79 Å². The molecule has 2 heterocycles. The molecule has 0 spiro atoms. The Morgan fingerprint density at radius 3 is 2.23 bits per heavy atom. The number of rotatable bonds is 18. The van der Waals surface area contributed by atoms with Gasteiger partial charge in [0.15, 0.2) is 0 Å². The van der Waals surface area contributed by atoms with E-state index in [9.17, 15) is 53.1 Å². The highest BCUT2D eigenvalue weighted by Gasteiger charge is 2.47. The minimum absolute atomic E-state index is 0.0168. The number of amides is 10. The van der Waals surface area contributed by atoms with Crippen molar-refractivity contribution in [2.45, 2.75) is 160 Å². The predicted molar refractivity (Wildman–Crippen MR) is 256 cm³/mol. The maximum absolute atomic E-state index is 15.0. The second-order valence-corrected chi connectivity index (χ2v) is 18.9. The van der Waals surface area contributed by atoms with Crippen LogP contribution in [0.3, 0.4) is 0 Å². The van der Waals surface area contributed by atoms with Crippen molar-refractivity contribution in [1.29, 1.82) is 0 Å². The summed E-state index contributed by atoms with van der Waals surface area (Å²) in [5.74, 6) is -8.48. The molecule has 3 rings (SSSR count). The number of hydrogen-bond acceptors (Lipinski definition) is 13. The third-order valence-electron chi connectivity index (χ3n) is 12.4. The summed E-state index contributed by atoms with van der Waals surface area (Å²) in [7, 11) is 2.85. The lowest BCUT2D eigenvalue weighted by molar-refractivity contribution is -0.168. The molecular formula is C46H71BrN10O13. The fourth-order valence-corrected chi connectivity index (χ4v) is 8.73. The molecule has 70 heavy (non-hydrogen) atoms. The van der Waals surface area contributed by atoms with E-state index < -0.39 is 126 Å². The first kappa shape index (κ1) is 58.3. The topological polar surface area (TPSA) is 340 Å². The van der Waals surface area contributed by atoms with Gasteiger partial charge in [0.25, 0.3) is 0 Å². The highest BCUT2D eigenvalue weighted by atomic mass is 79.9. The summed E-state index contributed by atoms with van der Waals surface area (Å²) in [4.78, 5) is 140. The van der Waals surface area contributed by atoms with Crippen LogP contribution in [-0.2, 0) is 54.3 Å². The van der Waals surface area contributed by atoms with Crippen molar-refractivity contribution in [1.82, 2.24) is 41.7 Å². The number of piperidine rings is 1. The number of nitrogens with one attached hydrogen (secondary N) is 6. The number of ether oxygens (including phenoxy) is 2. The molecule has 23 nitrogen and oxygen atoms in total. The minimum Gasteiger partial charge on any atom is -0.496 e. The fourth-order valence-electron chi connectivity index (χ4n) is 8.14. The molecule has 2 bridgehead atoms. The summed E-state index contributed by atoms with van der Waals surface area (Å²) < 4.78 is 11.8. The first-order chi connectivity index (χ1) is 32.9. The third kappa shape index (κ3) is 16.3. The molecule has 10 amide bonds. The van der Waals surface area contributed by atoms with Crippen LogP contribution in [-0.4, -0.2) is 149 Å². The van der Waals surface area contributed by atoms with Crippen molar-refractivity contribution in [3.05, 3.63) is 28.2 Å². The summed E-state index contributed by atoms with van der Waals surface area (Å²) in [6.07, 6.45) is -3.33. The summed E-state index contributed by atoms with van der Waals surface area (Å²) in [6.45, 7) is 9.67. The van der Waals surface area contributed by atoms with E-state index in [0.717, 1.165) is 9.80 Å². The van der Waals surface area contributed by atoms with Gasteiger partial charge in [0, 0.05) is 32.9 Å². The number of nitrogens with zero attached hydrogens (tertiary/aromatic N) is 2. The number of hydrogen-bond donors (Lipinski definition) is 9. The molecule has 24 heteroatoms. The Morgan fingerprint density at radius 2 is 1.64 bits per heavy atom. The number of fused-ring (bicyclic) bond motifs is 2. The van der Waals surface area contributed by atoms with Crippen LogP contribution in [0.1, 0.15) is 105 Å². The number of carbonyl (C=O) groups excluding carboxylic acids is 10. The number of benzene rings is 1. The number of carbonyl (C=O) groups is 10. The zero-order valence-electron chi connectivity index (χ0n) is 41.1. The zero-order chi connectivity index (χ0) is 52.6. The maximum atomic E-state index is 15.0. The van der Waals surface area contributed by atoms with Gasteiger partial charge in [-0.05, 0) is 90.9 Å². The molecule has 2 aliphatic heterocycles. The van der Waals surface area contributed by atoms with Gasteiger partial charge >= 0.3 is 12.0 Å². The third-order valence-corrected chi connectivity index (χ3v) is 13.0. The minimum atomic E-state index is -1.82. The van der Waals surface area contributed by atoms with E-state index in [-0.39, 0.29) is 57.9 Å². The van der Waals surface area contributed by atoms with E-state index in [2.05, 4.69) is 47.8 Å². The van der Waals surface area contributed by atoms with Gasteiger partial charge in [-0.2, -0.15) is 0 Å². The van der Waals surface area contributed by atoms with Gasteiger partial charge in [0.2, 0.25) is 47.3 Å². The molecule has 0 saturated carbocycles. The quantitative estimate of drug-likeness (QED) is 0.0676. The molecule has 2 aliphatic rings. The summed E-state index contributed by atoms with van der Waals surface area (Å²) in [5.41, 5.74) is 11.2. The van der Waals surface area contributed by atoms with Gasteiger partial charge in [0.05, 0.1) is 11.6 Å².